The van der Waals surface area contributed by atoms with Gasteiger partial charge in [0.2, 0.25) is 17.7 Å². The Balaban J connectivity index is 2.18. The van der Waals surface area contributed by atoms with Crippen LogP contribution in [0, 0.1) is 0 Å². The molecule has 11 heteroatoms. The van der Waals surface area contributed by atoms with Gasteiger partial charge in [0.15, 0.2) is 0 Å². The van der Waals surface area contributed by atoms with E-state index < -0.39 is 58.5 Å². The van der Waals surface area contributed by atoms with E-state index in [9.17, 15) is 24.0 Å². The van der Waals surface area contributed by atoms with Crippen LogP contribution in [-0.4, -0.2) is 53.1 Å². The van der Waals surface area contributed by atoms with Crippen molar-refractivity contribution in [1.82, 2.24) is 21.3 Å². The molecule has 11 nitrogen and oxygen atoms in total. The number of amides is 4. The molecule has 0 spiro atoms. The van der Waals surface area contributed by atoms with Crippen molar-refractivity contribution in [3.8, 4) is 0 Å². The van der Waals surface area contributed by atoms with Crippen LogP contribution >= 0.6 is 0 Å². The molecule has 0 unspecified atom stereocenters. The summed E-state index contributed by atoms with van der Waals surface area (Å²) >= 11 is 0. The van der Waals surface area contributed by atoms with Gasteiger partial charge in [-0.1, -0.05) is 72.8 Å². The Morgan fingerprint density at radius 1 is 0.674 bits per heavy atom. The van der Waals surface area contributed by atoms with Crippen LogP contribution in [0.5, 0.6) is 0 Å². The first kappa shape index (κ1) is 37.3. The average molecular weight is 635 g/mol. The molecule has 0 heterocycles. The number of hydrogen-bond acceptors (Lipinski definition) is 7. The van der Waals surface area contributed by atoms with Crippen LogP contribution in [0.3, 0.4) is 0 Å². The van der Waals surface area contributed by atoms with Gasteiger partial charge in [0, 0.05) is 12.2 Å². The molecular formula is C35H46N4O7. The Labute approximate surface area is 271 Å². The van der Waals surface area contributed by atoms with Crippen molar-refractivity contribution in [2.75, 3.05) is 6.61 Å². The van der Waals surface area contributed by atoms with Crippen LogP contribution in [-0.2, 0) is 28.7 Å². The summed E-state index contributed by atoms with van der Waals surface area (Å²) in [5.74, 6) is -2.14. The molecule has 2 aromatic carbocycles. The van der Waals surface area contributed by atoms with E-state index in [2.05, 4.69) is 21.3 Å². The van der Waals surface area contributed by atoms with E-state index in [1.165, 1.54) is 38.2 Å². The zero-order chi connectivity index (χ0) is 34.5. The lowest BCUT2D eigenvalue weighted by atomic mass is 10.0. The number of ether oxygens (including phenoxy) is 2. The molecule has 0 aliphatic carbocycles. The van der Waals surface area contributed by atoms with Gasteiger partial charge >= 0.3 is 12.1 Å². The summed E-state index contributed by atoms with van der Waals surface area (Å²) in [6.45, 7) is 13.2. The summed E-state index contributed by atoms with van der Waals surface area (Å²) in [6, 6.07) is 16.6. The summed E-state index contributed by atoms with van der Waals surface area (Å²) < 4.78 is 10.2. The first-order valence-corrected chi connectivity index (χ1v) is 15.0. The molecule has 4 amide bonds. The first-order valence-electron chi connectivity index (χ1n) is 15.0. The maximum absolute atomic E-state index is 13.3. The van der Waals surface area contributed by atoms with Crippen LogP contribution in [0.2, 0.25) is 0 Å². The van der Waals surface area contributed by atoms with Crippen molar-refractivity contribution in [2.45, 2.75) is 84.2 Å². The van der Waals surface area contributed by atoms with Crippen LogP contribution in [0.15, 0.2) is 85.0 Å². The zero-order valence-electron chi connectivity index (χ0n) is 27.8. The van der Waals surface area contributed by atoms with Crippen LogP contribution in [0.1, 0.15) is 78.6 Å². The summed E-state index contributed by atoms with van der Waals surface area (Å²) in [7, 11) is 0. The van der Waals surface area contributed by atoms with E-state index in [0.717, 1.165) is 5.56 Å². The van der Waals surface area contributed by atoms with Crippen molar-refractivity contribution < 1.29 is 33.4 Å². The number of carbonyl (C=O) groups excluding carboxylic acids is 5. The SMILES string of the molecule is CCOC(=O)/C=C/[C@@H](NC(=O)C(C)(C)NC(=O)/C=C/[C@@H](NC(=O)C(C)(C)NC(=O)OC(C)(C)C)c1ccccc1)c1ccccc1. The Kier molecular flexibility index (Phi) is 13.3. The van der Waals surface area contributed by atoms with Crippen molar-refractivity contribution >= 4 is 29.8 Å². The van der Waals surface area contributed by atoms with Crippen LogP contribution in [0.4, 0.5) is 4.79 Å². The second-order valence-corrected chi connectivity index (χ2v) is 12.6. The van der Waals surface area contributed by atoms with Crippen molar-refractivity contribution in [3.05, 3.63) is 96.1 Å². The van der Waals surface area contributed by atoms with Gasteiger partial charge in [-0.3, -0.25) is 14.4 Å². The van der Waals surface area contributed by atoms with E-state index in [-0.39, 0.29) is 6.61 Å². The molecule has 2 aromatic rings. The van der Waals surface area contributed by atoms with Gasteiger partial charge in [-0.25, -0.2) is 9.59 Å². The Hall–Kier alpha value is -4.93. The third-order valence-electron chi connectivity index (χ3n) is 6.43. The molecule has 2 rings (SSSR count). The number of benzene rings is 2. The maximum atomic E-state index is 13.3. The molecule has 248 valence electrons. The molecular weight excluding hydrogens is 588 g/mol. The molecule has 0 radical (unpaired) electrons. The normalized spacial score (nSPS) is 13.4. The van der Waals surface area contributed by atoms with E-state index in [0.29, 0.717) is 5.56 Å². The number of carbonyl (C=O) groups is 5. The fourth-order valence-corrected chi connectivity index (χ4v) is 4.02. The van der Waals surface area contributed by atoms with E-state index >= 15 is 0 Å². The number of nitrogens with one attached hydrogen (secondary N) is 4. The molecule has 0 aromatic heterocycles. The quantitative estimate of drug-likeness (QED) is 0.186. The van der Waals surface area contributed by atoms with Crippen molar-refractivity contribution in [3.63, 3.8) is 0 Å². The van der Waals surface area contributed by atoms with E-state index in [1.54, 1.807) is 90.1 Å². The third kappa shape index (κ3) is 12.6. The zero-order valence-corrected chi connectivity index (χ0v) is 27.8. The Bertz CT molecular complexity index is 1410. The number of hydrogen-bond donors (Lipinski definition) is 4. The fourth-order valence-electron chi connectivity index (χ4n) is 4.02. The summed E-state index contributed by atoms with van der Waals surface area (Å²) in [5, 5.41) is 11.0. The lowest BCUT2D eigenvalue weighted by Gasteiger charge is -2.29. The molecule has 4 N–H and O–H groups in total. The molecule has 0 fully saturated rings. The van der Waals surface area contributed by atoms with Crippen molar-refractivity contribution in [2.24, 2.45) is 0 Å². The van der Waals surface area contributed by atoms with Crippen molar-refractivity contribution in [1.29, 1.82) is 0 Å². The highest BCUT2D eigenvalue weighted by atomic mass is 16.6. The van der Waals surface area contributed by atoms with Crippen LogP contribution in [0.25, 0.3) is 0 Å². The number of alkyl carbamates (subject to hydrolysis) is 1. The molecule has 0 aliphatic heterocycles. The molecule has 0 saturated heterocycles. The largest absolute Gasteiger partial charge is 0.463 e. The monoisotopic (exact) mass is 634 g/mol. The fraction of sp³-hybridized carbons (Fsp3) is 0.400. The Morgan fingerprint density at radius 2 is 1.11 bits per heavy atom. The summed E-state index contributed by atoms with van der Waals surface area (Å²) in [6.07, 6.45) is 4.75. The van der Waals surface area contributed by atoms with Gasteiger partial charge < -0.3 is 30.7 Å². The third-order valence-corrected chi connectivity index (χ3v) is 6.43. The predicted octanol–water partition coefficient (Wildman–Crippen LogP) is 4.58. The van der Waals surface area contributed by atoms with E-state index in [1.807, 2.05) is 12.1 Å². The molecule has 2 atom stereocenters. The minimum Gasteiger partial charge on any atom is -0.463 e. The van der Waals surface area contributed by atoms with Crippen LogP contribution < -0.4 is 21.3 Å². The number of esters is 1. The predicted molar refractivity (Wildman–Crippen MR) is 175 cm³/mol. The highest BCUT2D eigenvalue weighted by Gasteiger charge is 2.33. The van der Waals surface area contributed by atoms with E-state index in [4.69, 9.17) is 9.47 Å². The second-order valence-electron chi connectivity index (χ2n) is 12.6. The Morgan fingerprint density at radius 3 is 1.54 bits per heavy atom. The molecule has 0 saturated carbocycles. The van der Waals surface area contributed by atoms with Gasteiger partial charge in [0.1, 0.15) is 16.7 Å². The topological polar surface area (TPSA) is 152 Å². The molecule has 46 heavy (non-hydrogen) atoms. The highest BCUT2D eigenvalue weighted by molar-refractivity contribution is 5.95. The lowest BCUT2D eigenvalue weighted by molar-refractivity contribution is -0.137. The van der Waals surface area contributed by atoms with Gasteiger partial charge in [-0.15, -0.1) is 0 Å². The molecule has 0 bridgehead atoms. The smallest absolute Gasteiger partial charge is 0.408 e. The minimum atomic E-state index is -1.36. The van der Waals surface area contributed by atoms with Gasteiger partial charge in [0.05, 0.1) is 18.7 Å². The lowest BCUT2D eigenvalue weighted by Crippen LogP contribution is -2.56. The summed E-state index contributed by atoms with van der Waals surface area (Å²) in [4.78, 5) is 63.9. The van der Waals surface area contributed by atoms with Gasteiger partial charge in [-0.05, 0) is 66.5 Å². The average Bonchev–Trinajstić information content (AvgIpc) is 2.96. The second kappa shape index (κ2) is 16.4. The maximum Gasteiger partial charge on any atom is 0.408 e. The van der Waals surface area contributed by atoms with Gasteiger partial charge in [-0.2, -0.15) is 0 Å². The molecule has 0 aliphatic rings. The van der Waals surface area contributed by atoms with Gasteiger partial charge in [0.25, 0.3) is 0 Å². The number of rotatable bonds is 13. The summed E-state index contributed by atoms with van der Waals surface area (Å²) in [5.41, 5.74) is -2.04. The first-order chi connectivity index (χ1) is 21.4. The highest BCUT2D eigenvalue weighted by Crippen LogP contribution is 2.18. The standard InChI is InChI=1S/C35H46N4O7/c1-9-45-29(41)23-21-27(25-18-14-11-15-19-25)37-30(42)34(5,6)38-28(40)22-20-26(24-16-12-10-13-17-24)36-31(43)35(7,8)39-32(44)46-33(2,3)4/h10-23,26-27H,9H2,1-8H3,(H,36,43)(H,37,42)(H,38,40)(H,39,44)/b22-20+,23-21+/t26-,27-/m1/s1. The minimum absolute atomic E-state index is 0.216.